The molecular formula is C16H14N2O3S. The Bertz CT molecular complexity index is 872. The van der Waals surface area contributed by atoms with E-state index in [1.165, 1.54) is 12.1 Å². The van der Waals surface area contributed by atoms with Crippen LogP contribution in [0.4, 0.5) is 5.88 Å². The number of benzene rings is 2. The predicted molar refractivity (Wildman–Crippen MR) is 83.4 cm³/mol. The molecular weight excluding hydrogens is 300 g/mol. The van der Waals surface area contributed by atoms with Crippen LogP contribution in [-0.2, 0) is 9.84 Å². The molecule has 5 nitrogen and oxygen atoms in total. The Morgan fingerprint density at radius 1 is 0.955 bits per heavy atom. The molecule has 0 unspecified atom stereocenters. The molecule has 3 aromatic rings. The molecule has 0 aliphatic rings. The summed E-state index contributed by atoms with van der Waals surface area (Å²) in [6.07, 6.45) is 0. The molecule has 0 saturated heterocycles. The quantitative estimate of drug-likeness (QED) is 0.800. The molecule has 22 heavy (non-hydrogen) atoms. The molecule has 0 atom stereocenters. The molecule has 0 radical (unpaired) electrons. The zero-order valence-corrected chi connectivity index (χ0v) is 12.7. The summed E-state index contributed by atoms with van der Waals surface area (Å²) in [5.41, 5.74) is 0.716. The van der Waals surface area contributed by atoms with Gasteiger partial charge >= 0.3 is 0 Å². The van der Waals surface area contributed by atoms with Crippen LogP contribution in [0.5, 0.6) is 0 Å². The first kappa shape index (κ1) is 14.3. The van der Waals surface area contributed by atoms with Gasteiger partial charge in [0.25, 0.3) is 0 Å². The van der Waals surface area contributed by atoms with Crippen molar-refractivity contribution in [2.45, 2.75) is 9.92 Å². The second-order valence-corrected chi connectivity index (χ2v) is 6.45. The third-order valence-electron chi connectivity index (χ3n) is 3.15. The van der Waals surface area contributed by atoms with Crippen LogP contribution in [0.15, 0.2) is 75.0 Å². The number of aromatic nitrogens is 1. The lowest BCUT2D eigenvalue weighted by molar-refractivity contribution is 0.580. The molecule has 2 aromatic carbocycles. The van der Waals surface area contributed by atoms with Crippen molar-refractivity contribution in [3.63, 3.8) is 0 Å². The predicted octanol–water partition coefficient (Wildman–Crippen LogP) is 3.22. The molecule has 1 heterocycles. The molecule has 1 aromatic heterocycles. The smallest absolute Gasteiger partial charge is 0.233 e. The van der Waals surface area contributed by atoms with Crippen molar-refractivity contribution < 1.29 is 12.8 Å². The van der Waals surface area contributed by atoms with E-state index in [4.69, 9.17) is 4.42 Å². The summed E-state index contributed by atoms with van der Waals surface area (Å²) in [6.45, 7) is 0. The molecule has 0 spiro atoms. The average Bonchev–Trinajstić information content (AvgIpc) is 3.02. The fraction of sp³-hybridized carbons (Fsp3) is 0.0625. The van der Waals surface area contributed by atoms with Gasteiger partial charge < -0.3 is 9.73 Å². The second kappa shape index (κ2) is 5.65. The van der Waals surface area contributed by atoms with Crippen molar-refractivity contribution in [2.75, 3.05) is 12.4 Å². The monoisotopic (exact) mass is 314 g/mol. The van der Waals surface area contributed by atoms with E-state index in [9.17, 15) is 8.42 Å². The van der Waals surface area contributed by atoms with Crippen LogP contribution in [0.3, 0.4) is 0 Å². The van der Waals surface area contributed by atoms with E-state index in [-0.39, 0.29) is 21.7 Å². The highest BCUT2D eigenvalue weighted by molar-refractivity contribution is 7.91. The van der Waals surface area contributed by atoms with Crippen molar-refractivity contribution >= 4 is 15.7 Å². The molecule has 0 aliphatic heterocycles. The lowest BCUT2D eigenvalue weighted by Gasteiger charge is -2.02. The first-order chi connectivity index (χ1) is 10.6. The van der Waals surface area contributed by atoms with Crippen molar-refractivity contribution in [3.8, 4) is 11.5 Å². The van der Waals surface area contributed by atoms with Gasteiger partial charge in [0.15, 0.2) is 0 Å². The Kier molecular flexibility index (Phi) is 3.68. The van der Waals surface area contributed by atoms with Gasteiger partial charge in [0, 0.05) is 12.6 Å². The Labute approximate surface area is 128 Å². The van der Waals surface area contributed by atoms with E-state index in [1.54, 1.807) is 25.2 Å². The highest BCUT2D eigenvalue weighted by Crippen LogP contribution is 2.31. The van der Waals surface area contributed by atoms with Crippen LogP contribution >= 0.6 is 0 Å². The van der Waals surface area contributed by atoms with Crippen molar-refractivity contribution in [1.82, 2.24) is 4.98 Å². The van der Waals surface area contributed by atoms with Crippen LogP contribution < -0.4 is 5.32 Å². The molecule has 6 heteroatoms. The first-order valence-electron chi connectivity index (χ1n) is 6.67. The van der Waals surface area contributed by atoms with E-state index >= 15 is 0 Å². The first-order valence-corrected chi connectivity index (χ1v) is 8.15. The van der Waals surface area contributed by atoms with Gasteiger partial charge in [-0.15, -0.1) is 0 Å². The van der Waals surface area contributed by atoms with E-state index in [0.29, 0.717) is 5.56 Å². The average molecular weight is 314 g/mol. The number of anilines is 1. The number of nitrogens with one attached hydrogen (secondary N) is 1. The highest BCUT2D eigenvalue weighted by atomic mass is 32.2. The van der Waals surface area contributed by atoms with E-state index < -0.39 is 9.84 Å². The van der Waals surface area contributed by atoms with Crippen molar-refractivity contribution in [2.24, 2.45) is 0 Å². The third-order valence-corrected chi connectivity index (χ3v) is 4.83. The lowest BCUT2D eigenvalue weighted by atomic mass is 10.2. The zero-order chi connectivity index (χ0) is 15.6. The topological polar surface area (TPSA) is 72.2 Å². The van der Waals surface area contributed by atoms with Crippen LogP contribution in [0.2, 0.25) is 0 Å². The number of sulfone groups is 1. The summed E-state index contributed by atoms with van der Waals surface area (Å²) in [6, 6.07) is 17.3. The van der Waals surface area contributed by atoms with Crippen LogP contribution in [0, 0.1) is 0 Å². The van der Waals surface area contributed by atoms with Crippen molar-refractivity contribution in [3.05, 3.63) is 60.7 Å². The van der Waals surface area contributed by atoms with Crippen LogP contribution in [-0.4, -0.2) is 20.4 Å². The van der Waals surface area contributed by atoms with E-state index in [0.717, 1.165) is 0 Å². The van der Waals surface area contributed by atoms with Gasteiger partial charge in [-0.25, -0.2) is 8.42 Å². The molecule has 3 rings (SSSR count). The maximum atomic E-state index is 12.7. The highest BCUT2D eigenvalue weighted by Gasteiger charge is 2.27. The third kappa shape index (κ3) is 2.48. The minimum atomic E-state index is -3.74. The number of oxazole rings is 1. The lowest BCUT2D eigenvalue weighted by Crippen LogP contribution is -2.05. The Balaban J connectivity index is 2.14. The number of hydrogen-bond donors (Lipinski definition) is 1. The fourth-order valence-corrected chi connectivity index (χ4v) is 3.39. The molecule has 0 bridgehead atoms. The molecule has 0 saturated carbocycles. The molecule has 0 aliphatic carbocycles. The number of rotatable bonds is 4. The minimum absolute atomic E-state index is 0.111. The Morgan fingerprint density at radius 2 is 1.55 bits per heavy atom. The van der Waals surface area contributed by atoms with Crippen molar-refractivity contribution in [1.29, 1.82) is 0 Å². The molecule has 1 N–H and O–H groups in total. The Morgan fingerprint density at radius 3 is 2.14 bits per heavy atom. The maximum absolute atomic E-state index is 12.7. The standard InChI is InChI=1S/C16H14N2O3S/c1-17-15-16(22(19,20)13-10-6-3-7-11-13)18-14(21-15)12-8-4-2-5-9-12/h2-11,17H,1H3. The summed E-state index contributed by atoms with van der Waals surface area (Å²) < 4.78 is 30.9. The van der Waals surface area contributed by atoms with Gasteiger partial charge in [-0.1, -0.05) is 36.4 Å². The molecule has 0 fully saturated rings. The summed E-state index contributed by atoms with van der Waals surface area (Å²) in [5, 5.41) is 2.64. The molecule has 0 amide bonds. The van der Waals surface area contributed by atoms with Gasteiger partial charge in [-0.3, -0.25) is 0 Å². The minimum Gasteiger partial charge on any atom is -0.419 e. The normalized spacial score (nSPS) is 11.3. The van der Waals surface area contributed by atoms with Gasteiger partial charge in [-0.2, -0.15) is 4.98 Å². The van der Waals surface area contributed by atoms with Gasteiger partial charge in [0.1, 0.15) is 0 Å². The van der Waals surface area contributed by atoms with E-state index in [1.807, 2.05) is 30.3 Å². The van der Waals surface area contributed by atoms with Gasteiger partial charge in [-0.05, 0) is 24.3 Å². The molecule has 112 valence electrons. The number of hydrogen-bond acceptors (Lipinski definition) is 5. The fourth-order valence-electron chi connectivity index (χ4n) is 2.06. The zero-order valence-electron chi connectivity index (χ0n) is 11.9. The second-order valence-electron chi connectivity index (χ2n) is 4.59. The van der Waals surface area contributed by atoms with Crippen LogP contribution in [0.25, 0.3) is 11.5 Å². The largest absolute Gasteiger partial charge is 0.419 e. The summed E-state index contributed by atoms with van der Waals surface area (Å²) in [7, 11) is -2.14. The van der Waals surface area contributed by atoms with E-state index in [2.05, 4.69) is 10.3 Å². The Hall–Kier alpha value is -2.60. The number of nitrogens with zero attached hydrogens (tertiary/aromatic N) is 1. The summed E-state index contributed by atoms with van der Waals surface area (Å²) >= 11 is 0. The van der Waals surface area contributed by atoms with Gasteiger partial charge in [0.2, 0.25) is 26.6 Å². The van der Waals surface area contributed by atoms with Gasteiger partial charge in [0.05, 0.1) is 4.90 Å². The summed E-state index contributed by atoms with van der Waals surface area (Å²) in [5.74, 6) is 0.391. The van der Waals surface area contributed by atoms with Crippen LogP contribution in [0.1, 0.15) is 0 Å². The summed E-state index contributed by atoms with van der Waals surface area (Å²) in [4.78, 5) is 4.36. The maximum Gasteiger partial charge on any atom is 0.233 e. The SMILES string of the molecule is CNc1oc(-c2ccccc2)nc1S(=O)(=O)c1ccccc1.